The minimum atomic E-state index is -2.93. The highest BCUT2D eigenvalue weighted by molar-refractivity contribution is 6.34. The Morgan fingerprint density at radius 1 is 1.26 bits per heavy atom. The number of ether oxygens (including phenoxy) is 1. The van der Waals surface area contributed by atoms with Crippen LogP contribution in [0, 0.1) is 0 Å². The molecule has 0 unspecified atom stereocenters. The molecular weight excluding hydrogens is 253 g/mol. The Balaban J connectivity index is 2.72. The predicted octanol–water partition coefficient (Wildman–Crippen LogP) is 3.50. The lowest BCUT2D eigenvalue weighted by Crippen LogP contribution is -2.06. The summed E-state index contributed by atoms with van der Waals surface area (Å²) < 4.78 is 33.4. The van der Waals surface area contributed by atoms with Crippen LogP contribution in [0.2, 0.25) is 0 Å². The summed E-state index contributed by atoms with van der Waals surface area (Å²) in [6.45, 7) is 5.10. The van der Waals surface area contributed by atoms with Gasteiger partial charge in [0, 0.05) is 11.6 Å². The normalized spacial score (nSPS) is 11.4. The quantitative estimate of drug-likeness (QED) is 0.343. The standard InChI is InChI=1S/C13H15BF2O3/c1-9(2)18-12-6-4-11(5-7-12)13(17)8-10(3)19-14(15)16/h4-9H,1-3H3/b10-8-. The fraction of sp³-hybridized carbons (Fsp3) is 0.308. The minimum absolute atomic E-state index is 0.0446. The molecule has 0 fully saturated rings. The fourth-order valence-corrected chi connectivity index (χ4v) is 1.41. The molecule has 0 saturated heterocycles. The van der Waals surface area contributed by atoms with Gasteiger partial charge in [-0.25, -0.2) is 8.63 Å². The Labute approximate surface area is 111 Å². The zero-order valence-corrected chi connectivity index (χ0v) is 11.0. The van der Waals surface area contributed by atoms with Gasteiger partial charge in [0.15, 0.2) is 5.78 Å². The molecule has 0 aliphatic carbocycles. The molecule has 0 aliphatic rings. The predicted molar refractivity (Wildman–Crippen MR) is 69.3 cm³/mol. The van der Waals surface area contributed by atoms with Crippen molar-refractivity contribution < 1.29 is 22.8 Å². The lowest BCUT2D eigenvalue weighted by atomic mass is 10.1. The van der Waals surface area contributed by atoms with Crippen LogP contribution >= 0.6 is 0 Å². The Bertz CT molecular complexity index is 455. The largest absolute Gasteiger partial charge is 0.796 e. The molecule has 0 radical (unpaired) electrons. The molecule has 0 amide bonds. The smallest absolute Gasteiger partial charge is 0.509 e. The molecule has 0 aromatic heterocycles. The Morgan fingerprint density at radius 3 is 2.32 bits per heavy atom. The van der Waals surface area contributed by atoms with Crippen molar-refractivity contribution in [2.45, 2.75) is 26.9 Å². The van der Waals surface area contributed by atoms with Crippen LogP contribution in [0.4, 0.5) is 8.63 Å². The van der Waals surface area contributed by atoms with Gasteiger partial charge in [0.25, 0.3) is 0 Å². The van der Waals surface area contributed by atoms with Gasteiger partial charge in [0.2, 0.25) is 0 Å². The number of benzene rings is 1. The van der Waals surface area contributed by atoms with Crippen molar-refractivity contribution in [3.63, 3.8) is 0 Å². The fourth-order valence-electron chi connectivity index (χ4n) is 1.41. The highest BCUT2D eigenvalue weighted by Gasteiger charge is 2.17. The molecule has 0 saturated carbocycles. The second kappa shape index (κ2) is 6.92. The molecule has 1 rings (SSSR count). The SMILES string of the molecule is C/C(=C/C(=O)c1ccc(OC(C)C)cc1)OB(F)F. The van der Waals surface area contributed by atoms with Gasteiger partial charge in [-0.1, -0.05) is 0 Å². The maximum atomic E-state index is 11.9. The molecule has 1 aromatic rings. The van der Waals surface area contributed by atoms with Crippen LogP contribution in [0.15, 0.2) is 36.1 Å². The summed E-state index contributed by atoms with van der Waals surface area (Å²) in [4.78, 5) is 11.7. The van der Waals surface area contributed by atoms with E-state index in [9.17, 15) is 13.4 Å². The van der Waals surface area contributed by atoms with Crippen molar-refractivity contribution in [1.82, 2.24) is 0 Å². The average molecular weight is 268 g/mol. The van der Waals surface area contributed by atoms with Crippen molar-refractivity contribution in [1.29, 1.82) is 0 Å². The number of ketones is 1. The third kappa shape index (κ3) is 5.55. The summed E-state index contributed by atoms with van der Waals surface area (Å²) in [5, 5.41) is 0. The number of hydrogen-bond acceptors (Lipinski definition) is 3. The Kier molecular flexibility index (Phi) is 5.54. The van der Waals surface area contributed by atoms with Crippen LogP contribution < -0.4 is 4.74 Å². The molecule has 0 N–H and O–H groups in total. The number of rotatable bonds is 6. The molecule has 102 valence electrons. The zero-order chi connectivity index (χ0) is 14.4. The Hall–Kier alpha value is -1.85. The van der Waals surface area contributed by atoms with Gasteiger partial charge in [0.1, 0.15) is 5.75 Å². The Morgan fingerprint density at radius 2 is 1.84 bits per heavy atom. The van der Waals surface area contributed by atoms with Gasteiger partial charge < -0.3 is 9.39 Å². The number of hydrogen-bond donors (Lipinski definition) is 0. The summed E-state index contributed by atoms with van der Waals surface area (Å²) in [5.74, 6) is 0.132. The second-order valence-corrected chi connectivity index (χ2v) is 4.19. The third-order valence-electron chi connectivity index (χ3n) is 2.12. The topological polar surface area (TPSA) is 35.5 Å². The molecule has 0 atom stereocenters. The third-order valence-corrected chi connectivity index (χ3v) is 2.12. The summed E-state index contributed by atoms with van der Waals surface area (Å²) >= 11 is 0. The lowest BCUT2D eigenvalue weighted by Gasteiger charge is -2.09. The number of carbonyl (C=O) groups is 1. The van der Waals surface area contributed by atoms with E-state index in [-0.39, 0.29) is 11.9 Å². The summed E-state index contributed by atoms with van der Waals surface area (Å²) in [6.07, 6.45) is 1.08. The van der Waals surface area contributed by atoms with E-state index in [1.807, 2.05) is 13.8 Å². The first-order chi connectivity index (χ1) is 8.88. The maximum absolute atomic E-state index is 11.9. The van der Waals surface area contributed by atoms with Crippen molar-refractivity contribution in [2.24, 2.45) is 0 Å². The maximum Gasteiger partial charge on any atom is 0.796 e. The highest BCUT2D eigenvalue weighted by atomic mass is 19.2. The van der Waals surface area contributed by atoms with Crippen LogP contribution in [0.3, 0.4) is 0 Å². The van der Waals surface area contributed by atoms with E-state index in [1.165, 1.54) is 6.92 Å². The van der Waals surface area contributed by atoms with E-state index in [1.54, 1.807) is 24.3 Å². The number of halogens is 2. The number of carbonyl (C=O) groups excluding carboxylic acids is 1. The first-order valence-corrected chi connectivity index (χ1v) is 5.82. The van der Waals surface area contributed by atoms with E-state index < -0.39 is 13.3 Å². The molecule has 1 aromatic carbocycles. The molecule has 6 heteroatoms. The average Bonchev–Trinajstić information content (AvgIpc) is 2.27. The van der Waals surface area contributed by atoms with Gasteiger partial charge in [-0.3, -0.25) is 4.79 Å². The molecular formula is C13H15BF2O3. The second-order valence-electron chi connectivity index (χ2n) is 4.19. The summed E-state index contributed by atoms with van der Waals surface area (Å²) in [5.41, 5.74) is 0.383. The van der Waals surface area contributed by atoms with E-state index >= 15 is 0 Å². The van der Waals surface area contributed by atoms with Crippen LogP contribution in [-0.2, 0) is 4.65 Å². The number of allylic oxidation sites excluding steroid dienone is 2. The van der Waals surface area contributed by atoms with Gasteiger partial charge in [-0.15, -0.1) is 0 Å². The summed E-state index contributed by atoms with van der Waals surface area (Å²) in [7, 11) is -2.93. The van der Waals surface area contributed by atoms with Crippen LogP contribution in [0.25, 0.3) is 0 Å². The van der Waals surface area contributed by atoms with Gasteiger partial charge in [-0.2, -0.15) is 0 Å². The molecule has 3 nitrogen and oxygen atoms in total. The van der Waals surface area contributed by atoms with Crippen LogP contribution in [0.5, 0.6) is 5.75 Å². The molecule has 0 aliphatic heterocycles. The van der Waals surface area contributed by atoms with Crippen LogP contribution in [-0.4, -0.2) is 19.4 Å². The van der Waals surface area contributed by atoms with Gasteiger partial charge in [-0.05, 0) is 45.0 Å². The van der Waals surface area contributed by atoms with Crippen molar-refractivity contribution in [3.05, 3.63) is 41.7 Å². The van der Waals surface area contributed by atoms with Crippen molar-refractivity contribution in [2.75, 3.05) is 0 Å². The monoisotopic (exact) mass is 268 g/mol. The van der Waals surface area contributed by atoms with E-state index in [4.69, 9.17) is 4.74 Å². The summed E-state index contributed by atoms with van der Waals surface area (Å²) in [6, 6.07) is 6.47. The molecule has 0 spiro atoms. The lowest BCUT2D eigenvalue weighted by molar-refractivity contribution is 0.104. The van der Waals surface area contributed by atoms with Crippen LogP contribution in [0.1, 0.15) is 31.1 Å². The zero-order valence-electron chi connectivity index (χ0n) is 11.0. The van der Waals surface area contributed by atoms with E-state index in [0.29, 0.717) is 11.3 Å². The first kappa shape index (κ1) is 15.2. The van der Waals surface area contributed by atoms with E-state index in [0.717, 1.165) is 6.08 Å². The highest BCUT2D eigenvalue weighted by Crippen LogP contribution is 2.15. The minimum Gasteiger partial charge on any atom is -0.509 e. The van der Waals surface area contributed by atoms with E-state index in [2.05, 4.69) is 4.65 Å². The first-order valence-electron chi connectivity index (χ1n) is 5.82. The van der Waals surface area contributed by atoms with Crippen molar-refractivity contribution in [3.8, 4) is 5.75 Å². The molecule has 0 bridgehead atoms. The van der Waals surface area contributed by atoms with Crippen molar-refractivity contribution >= 4 is 13.3 Å². The molecule has 0 heterocycles. The van der Waals surface area contributed by atoms with Gasteiger partial charge >= 0.3 is 7.47 Å². The molecule has 19 heavy (non-hydrogen) atoms. The van der Waals surface area contributed by atoms with Gasteiger partial charge in [0.05, 0.1) is 11.9 Å².